The van der Waals surface area contributed by atoms with Crippen molar-refractivity contribution in [1.82, 2.24) is 15.0 Å². The topological polar surface area (TPSA) is 78.1 Å². The first-order chi connectivity index (χ1) is 25.2. The number of rotatable bonds is 4. The van der Waals surface area contributed by atoms with Gasteiger partial charge in [-0.05, 0) is 49.2 Å². The Bertz CT molecular complexity index is 3100. The van der Waals surface area contributed by atoms with Crippen LogP contribution in [0.2, 0.25) is 0 Å². The molecule has 1 aliphatic carbocycles. The Morgan fingerprint density at radius 3 is 1.57 bits per heavy atom. The highest BCUT2D eigenvalue weighted by Crippen LogP contribution is 2.42. The monoisotopic (exact) mass is 657 g/mol. The smallest absolute Gasteiger partial charge is 0.164 e. The molecule has 0 amide bonds. The summed E-state index contributed by atoms with van der Waals surface area (Å²) in [6.07, 6.45) is 8.41. The number of para-hydroxylation sites is 4. The number of nitrogens with zero attached hydrogens (tertiary/aromatic N) is 3. The Hall–Kier alpha value is -6.79. The summed E-state index contributed by atoms with van der Waals surface area (Å²) in [6.45, 7) is 0. The van der Waals surface area contributed by atoms with Gasteiger partial charge < -0.3 is 13.3 Å². The maximum atomic E-state index is 6.71. The molecule has 0 saturated heterocycles. The van der Waals surface area contributed by atoms with Gasteiger partial charge in [-0.3, -0.25) is 0 Å². The molecular weight excluding hydrogens is 631 g/mol. The van der Waals surface area contributed by atoms with Crippen LogP contribution in [0.25, 0.3) is 105 Å². The van der Waals surface area contributed by atoms with Crippen LogP contribution in [0.4, 0.5) is 0 Å². The third-order valence-electron chi connectivity index (χ3n) is 9.98. The lowest BCUT2D eigenvalue weighted by molar-refractivity contribution is 0.665. The number of hydrogen-bond donors (Lipinski definition) is 0. The summed E-state index contributed by atoms with van der Waals surface area (Å²) in [6, 6.07) is 41.2. The zero-order valence-corrected chi connectivity index (χ0v) is 27.3. The SMILES string of the molecule is C1=CC(c2nc(-c3ccc4c(c3)oc3ccccc34)nc(-c3ccc4c(c3)oc3c(-c5cccc6c5oc5ccccc56)cccc34)n2)=CCC1. The highest BCUT2D eigenvalue weighted by Gasteiger charge is 2.20. The predicted octanol–water partition coefficient (Wildman–Crippen LogP) is 12.3. The van der Waals surface area contributed by atoms with Gasteiger partial charge in [-0.1, -0.05) is 103 Å². The maximum absolute atomic E-state index is 6.71. The second-order valence-electron chi connectivity index (χ2n) is 13.0. The minimum absolute atomic E-state index is 0.578. The highest BCUT2D eigenvalue weighted by atomic mass is 16.3. The van der Waals surface area contributed by atoms with E-state index in [2.05, 4.69) is 91.0 Å². The van der Waals surface area contributed by atoms with E-state index in [-0.39, 0.29) is 0 Å². The molecule has 0 radical (unpaired) electrons. The highest BCUT2D eigenvalue weighted by molar-refractivity contribution is 6.15. The molecule has 4 heterocycles. The average Bonchev–Trinajstić information content (AvgIpc) is 3.88. The van der Waals surface area contributed by atoms with Crippen molar-refractivity contribution >= 4 is 71.4 Å². The van der Waals surface area contributed by atoms with Crippen LogP contribution in [0, 0.1) is 0 Å². The molecule has 51 heavy (non-hydrogen) atoms. The van der Waals surface area contributed by atoms with Crippen molar-refractivity contribution in [2.75, 3.05) is 0 Å². The van der Waals surface area contributed by atoms with Gasteiger partial charge >= 0.3 is 0 Å². The third-order valence-corrected chi connectivity index (χ3v) is 9.98. The van der Waals surface area contributed by atoms with Gasteiger partial charge in [-0.25, -0.2) is 15.0 Å². The van der Waals surface area contributed by atoms with Crippen LogP contribution in [-0.2, 0) is 0 Å². The molecule has 4 aromatic heterocycles. The lowest BCUT2D eigenvalue weighted by Crippen LogP contribution is -2.03. The van der Waals surface area contributed by atoms with E-state index in [1.807, 2.05) is 48.5 Å². The van der Waals surface area contributed by atoms with Crippen LogP contribution < -0.4 is 0 Å². The van der Waals surface area contributed by atoms with Gasteiger partial charge in [0.05, 0.1) is 0 Å². The quantitative estimate of drug-likeness (QED) is 0.187. The molecule has 6 nitrogen and oxygen atoms in total. The molecule has 1 aliphatic rings. The Morgan fingerprint density at radius 2 is 0.922 bits per heavy atom. The summed E-state index contributed by atoms with van der Waals surface area (Å²) < 4.78 is 19.3. The van der Waals surface area contributed by atoms with Gasteiger partial charge in [0.1, 0.15) is 33.5 Å². The number of fused-ring (bicyclic) bond motifs is 9. The average molecular weight is 658 g/mol. The molecule has 6 heteroatoms. The number of allylic oxidation sites excluding steroid dienone is 4. The molecule has 0 fully saturated rings. The normalized spacial score (nSPS) is 13.4. The molecule has 6 aromatic carbocycles. The van der Waals surface area contributed by atoms with Crippen LogP contribution in [-0.4, -0.2) is 15.0 Å². The van der Waals surface area contributed by atoms with E-state index in [9.17, 15) is 0 Å². The van der Waals surface area contributed by atoms with Gasteiger partial charge in [-0.2, -0.15) is 0 Å². The zero-order chi connectivity index (χ0) is 33.5. The maximum Gasteiger partial charge on any atom is 0.164 e. The summed E-state index contributed by atoms with van der Waals surface area (Å²) >= 11 is 0. The standard InChI is InChI=1S/C45H27N3O3/c1-2-10-26(11-3-1)43-46-44(27-20-22-31-29-12-4-6-18-37(29)49-39(31)24-27)48-45(47-43)28-21-23-32-34-15-9-17-36(42(34)51-40(32)25-28)35-16-8-14-33-30-13-5-7-19-38(30)50-41(33)35/h2,4-25H,1,3H2. The van der Waals surface area contributed by atoms with Gasteiger partial charge in [-0.15, -0.1) is 0 Å². The van der Waals surface area contributed by atoms with Crippen molar-refractivity contribution in [2.45, 2.75) is 12.8 Å². The molecule has 0 bridgehead atoms. The Morgan fingerprint density at radius 1 is 0.412 bits per heavy atom. The molecule has 0 atom stereocenters. The van der Waals surface area contributed by atoms with Crippen molar-refractivity contribution in [3.05, 3.63) is 145 Å². The van der Waals surface area contributed by atoms with E-state index in [4.69, 9.17) is 28.2 Å². The van der Waals surface area contributed by atoms with Crippen molar-refractivity contribution in [3.63, 3.8) is 0 Å². The zero-order valence-electron chi connectivity index (χ0n) is 27.3. The second-order valence-corrected chi connectivity index (χ2v) is 13.0. The van der Waals surface area contributed by atoms with E-state index in [1.54, 1.807) is 0 Å². The fourth-order valence-electron chi connectivity index (χ4n) is 7.52. The fourth-order valence-corrected chi connectivity index (χ4v) is 7.52. The van der Waals surface area contributed by atoms with Crippen molar-refractivity contribution < 1.29 is 13.3 Å². The molecule has 11 rings (SSSR count). The van der Waals surface area contributed by atoms with E-state index < -0.39 is 0 Å². The van der Waals surface area contributed by atoms with Crippen LogP contribution in [0.1, 0.15) is 18.7 Å². The number of aromatic nitrogens is 3. The molecule has 240 valence electrons. The van der Waals surface area contributed by atoms with E-state index in [0.29, 0.717) is 17.5 Å². The van der Waals surface area contributed by atoms with Gasteiger partial charge in [0, 0.05) is 60.1 Å². The summed E-state index contributed by atoms with van der Waals surface area (Å²) in [5, 5.41) is 6.40. The molecule has 0 spiro atoms. The summed E-state index contributed by atoms with van der Waals surface area (Å²) in [5.74, 6) is 1.80. The third kappa shape index (κ3) is 4.40. The van der Waals surface area contributed by atoms with Gasteiger partial charge in [0.15, 0.2) is 17.5 Å². The number of benzene rings is 6. The minimum atomic E-state index is 0.578. The Balaban J connectivity index is 1.07. The first kappa shape index (κ1) is 28.1. The van der Waals surface area contributed by atoms with E-state index >= 15 is 0 Å². The van der Waals surface area contributed by atoms with Crippen LogP contribution in [0.3, 0.4) is 0 Å². The first-order valence-electron chi connectivity index (χ1n) is 17.2. The molecule has 0 unspecified atom stereocenters. The summed E-state index contributed by atoms with van der Waals surface area (Å²) in [5.41, 5.74) is 9.62. The Kier molecular flexibility index (Phi) is 5.98. The largest absolute Gasteiger partial charge is 0.456 e. The second kappa shape index (κ2) is 10.9. The van der Waals surface area contributed by atoms with Crippen molar-refractivity contribution in [1.29, 1.82) is 0 Å². The van der Waals surface area contributed by atoms with E-state index in [0.717, 1.165) is 106 Å². The van der Waals surface area contributed by atoms with Crippen LogP contribution in [0.15, 0.2) is 153 Å². The molecule has 0 aliphatic heterocycles. The molecule has 0 N–H and O–H groups in total. The molecule has 10 aromatic rings. The van der Waals surface area contributed by atoms with Gasteiger partial charge in [0.2, 0.25) is 0 Å². The fraction of sp³-hybridized carbons (Fsp3) is 0.0444. The lowest BCUT2D eigenvalue weighted by Gasteiger charge is -2.10. The van der Waals surface area contributed by atoms with Crippen LogP contribution >= 0.6 is 0 Å². The number of furan rings is 3. The Labute approximate surface area is 291 Å². The van der Waals surface area contributed by atoms with Crippen molar-refractivity contribution in [3.8, 4) is 33.9 Å². The summed E-state index contributed by atoms with van der Waals surface area (Å²) in [7, 11) is 0. The number of hydrogen-bond acceptors (Lipinski definition) is 6. The predicted molar refractivity (Wildman–Crippen MR) is 204 cm³/mol. The lowest BCUT2D eigenvalue weighted by atomic mass is 10.00. The minimum Gasteiger partial charge on any atom is -0.456 e. The first-order valence-corrected chi connectivity index (χ1v) is 17.2. The van der Waals surface area contributed by atoms with Gasteiger partial charge in [0.25, 0.3) is 0 Å². The van der Waals surface area contributed by atoms with E-state index in [1.165, 1.54) is 0 Å². The molecule has 0 saturated carbocycles. The van der Waals surface area contributed by atoms with Crippen molar-refractivity contribution in [2.24, 2.45) is 0 Å². The summed E-state index contributed by atoms with van der Waals surface area (Å²) in [4.78, 5) is 15.0. The molecular formula is C45H27N3O3. The van der Waals surface area contributed by atoms with Crippen LogP contribution in [0.5, 0.6) is 0 Å².